The zero-order valence-electron chi connectivity index (χ0n) is 5.42. The lowest BCUT2D eigenvalue weighted by molar-refractivity contribution is -0.117. The summed E-state index contributed by atoms with van der Waals surface area (Å²) in [5, 5.41) is 0. The van der Waals surface area contributed by atoms with Crippen molar-refractivity contribution in [2.24, 2.45) is 0 Å². The molecule has 0 unspecified atom stereocenters. The van der Waals surface area contributed by atoms with E-state index in [0.29, 0.717) is 13.1 Å². The molecule has 0 saturated carbocycles. The van der Waals surface area contributed by atoms with Gasteiger partial charge in [0.25, 0.3) is 0 Å². The highest BCUT2D eigenvalue weighted by Crippen LogP contribution is 1.81. The minimum absolute atomic E-state index is 0.593. The third-order valence-electron chi connectivity index (χ3n) is 0.876. The Morgan fingerprint density at radius 3 is 1.89 bits per heavy atom. The molecular weight excluding hydrogens is 114 g/mol. The van der Waals surface area contributed by atoms with Gasteiger partial charge in [0, 0.05) is 13.1 Å². The second-order valence-corrected chi connectivity index (χ2v) is 1.64. The molecule has 0 saturated heterocycles. The quantitative estimate of drug-likeness (QED) is 0.393. The SMILES string of the molecule is C=CCN(C=O)CC=C. The van der Waals surface area contributed by atoms with Crippen molar-refractivity contribution in [3.8, 4) is 0 Å². The first kappa shape index (κ1) is 7.95. The topological polar surface area (TPSA) is 20.3 Å². The van der Waals surface area contributed by atoms with Gasteiger partial charge in [-0.15, -0.1) is 13.2 Å². The molecule has 0 aromatic heterocycles. The maximum atomic E-state index is 10.1. The summed E-state index contributed by atoms with van der Waals surface area (Å²) in [5.74, 6) is 0. The molecule has 1 amide bonds. The molecule has 0 N–H and O–H groups in total. The van der Waals surface area contributed by atoms with E-state index < -0.39 is 0 Å². The molecule has 50 valence electrons. The third-order valence-corrected chi connectivity index (χ3v) is 0.876. The molecule has 2 heteroatoms. The van der Waals surface area contributed by atoms with E-state index in [1.54, 1.807) is 17.1 Å². The van der Waals surface area contributed by atoms with Crippen molar-refractivity contribution < 1.29 is 4.79 Å². The van der Waals surface area contributed by atoms with Crippen LogP contribution in [0.3, 0.4) is 0 Å². The van der Waals surface area contributed by atoms with Crippen LogP contribution in [0.15, 0.2) is 25.3 Å². The van der Waals surface area contributed by atoms with Crippen LogP contribution in [-0.2, 0) is 4.79 Å². The van der Waals surface area contributed by atoms with E-state index in [9.17, 15) is 4.79 Å². The summed E-state index contributed by atoms with van der Waals surface area (Å²) in [6, 6.07) is 0. The van der Waals surface area contributed by atoms with E-state index in [1.807, 2.05) is 0 Å². The summed E-state index contributed by atoms with van der Waals surface area (Å²) in [5.41, 5.74) is 0. The molecule has 0 heterocycles. The lowest BCUT2D eigenvalue weighted by Crippen LogP contribution is -2.21. The Morgan fingerprint density at radius 1 is 1.22 bits per heavy atom. The van der Waals surface area contributed by atoms with E-state index in [2.05, 4.69) is 13.2 Å². The standard InChI is InChI=1S/C7H11NO/c1-3-5-8(7-9)6-4-2/h3-4,7H,1-2,5-6H2. The molecule has 0 atom stereocenters. The number of carbonyl (C=O) groups is 1. The second kappa shape index (κ2) is 5.09. The zero-order chi connectivity index (χ0) is 7.11. The lowest BCUT2D eigenvalue weighted by atomic mass is 10.5. The van der Waals surface area contributed by atoms with E-state index >= 15 is 0 Å². The molecule has 0 spiro atoms. The van der Waals surface area contributed by atoms with E-state index in [4.69, 9.17) is 0 Å². The Kier molecular flexibility index (Phi) is 4.50. The molecular formula is C7H11NO. The predicted molar refractivity (Wildman–Crippen MR) is 38.0 cm³/mol. The van der Waals surface area contributed by atoms with Gasteiger partial charge in [0.2, 0.25) is 6.41 Å². The molecule has 0 fully saturated rings. The smallest absolute Gasteiger partial charge is 0.210 e. The van der Waals surface area contributed by atoms with Crippen molar-refractivity contribution in [3.05, 3.63) is 25.3 Å². The van der Waals surface area contributed by atoms with Gasteiger partial charge in [-0.3, -0.25) is 4.79 Å². The van der Waals surface area contributed by atoms with Crippen molar-refractivity contribution >= 4 is 6.41 Å². The monoisotopic (exact) mass is 125 g/mol. The van der Waals surface area contributed by atoms with Crippen LogP contribution in [0.5, 0.6) is 0 Å². The molecule has 2 nitrogen and oxygen atoms in total. The number of rotatable bonds is 5. The Morgan fingerprint density at radius 2 is 1.67 bits per heavy atom. The molecule has 0 bridgehead atoms. The summed E-state index contributed by atoms with van der Waals surface area (Å²) < 4.78 is 0. The number of carbonyl (C=O) groups excluding carboxylic acids is 1. The van der Waals surface area contributed by atoms with Crippen LogP contribution in [0.4, 0.5) is 0 Å². The Hall–Kier alpha value is -1.05. The molecule has 9 heavy (non-hydrogen) atoms. The van der Waals surface area contributed by atoms with E-state index in [-0.39, 0.29) is 0 Å². The van der Waals surface area contributed by atoms with Gasteiger partial charge >= 0.3 is 0 Å². The fraction of sp³-hybridized carbons (Fsp3) is 0.286. The minimum Gasteiger partial charge on any atom is -0.338 e. The number of nitrogens with zero attached hydrogens (tertiary/aromatic N) is 1. The van der Waals surface area contributed by atoms with Gasteiger partial charge in [0.05, 0.1) is 0 Å². The van der Waals surface area contributed by atoms with Crippen molar-refractivity contribution in [1.29, 1.82) is 0 Å². The summed E-state index contributed by atoms with van der Waals surface area (Å²) in [4.78, 5) is 11.7. The highest BCUT2D eigenvalue weighted by atomic mass is 16.1. The number of hydrogen-bond acceptors (Lipinski definition) is 1. The summed E-state index contributed by atoms with van der Waals surface area (Å²) >= 11 is 0. The van der Waals surface area contributed by atoms with E-state index in [1.165, 1.54) is 0 Å². The van der Waals surface area contributed by atoms with E-state index in [0.717, 1.165) is 6.41 Å². The molecule has 0 aliphatic carbocycles. The lowest BCUT2D eigenvalue weighted by Gasteiger charge is -2.10. The van der Waals surface area contributed by atoms with Gasteiger partial charge in [-0.1, -0.05) is 12.2 Å². The fourth-order valence-electron chi connectivity index (χ4n) is 0.492. The summed E-state index contributed by atoms with van der Waals surface area (Å²) in [6.45, 7) is 8.18. The zero-order valence-corrected chi connectivity index (χ0v) is 5.42. The highest BCUT2D eigenvalue weighted by Gasteiger charge is 1.91. The normalized spacial score (nSPS) is 8.00. The minimum atomic E-state index is 0.593. The van der Waals surface area contributed by atoms with Crippen LogP contribution in [0.25, 0.3) is 0 Å². The summed E-state index contributed by atoms with van der Waals surface area (Å²) in [7, 11) is 0. The van der Waals surface area contributed by atoms with Crippen molar-refractivity contribution in [1.82, 2.24) is 4.90 Å². The highest BCUT2D eigenvalue weighted by molar-refractivity contribution is 5.47. The average Bonchev–Trinajstić information content (AvgIpc) is 1.88. The van der Waals surface area contributed by atoms with Crippen molar-refractivity contribution in [2.45, 2.75) is 0 Å². The summed E-state index contributed by atoms with van der Waals surface area (Å²) in [6.07, 6.45) is 4.14. The maximum Gasteiger partial charge on any atom is 0.210 e. The average molecular weight is 125 g/mol. The van der Waals surface area contributed by atoms with Gasteiger partial charge in [0.1, 0.15) is 0 Å². The predicted octanol–water partition coefficient (Wildman–Crippen LogP) is 0.817. The van der Waals surface area contributed by atoms with Gasteiger partial charge < -0.3 is 4.90 Å². The number of hydrogen-bond donors (Lipinski definition) is 0. The van der Waals surface area contributed by atoms with Crippen LogP contribution < -0.4 is 0 Å². The van der Waals surface area contributed by atoms with Crippen molar-refractivity contribution in [3.63, 3.8) is 0 Å². The van der Waals surface area contributed by atoms with Crippen LogP contribution in [-0.4, -0.2) is 24.4 Å². The molecule has 0 aliphatic heterocycles. The van der Waals surface area contributed by atoms with Crippen molar-refractivity contribution in [2.75, 3.05) is 13.1 Å². The molecule has 0 aliphatic rings. The first-order chi connectivity index (χ1) is 4.35. The van der Waals surface area contributed by atoms with Crippen LogP contribution in [0.2, 0.25) is 0 Å². The fourth-order valence-corrected chi connectivity index (χ4v) is 0.492. The van der Waals surface area contributed by atoms with Crippen LogP contribution in [0, 0.1) is 0 Å². The Labute approximate surface area is 55.5 Å². The third kappa shape index (κ3) is 3.53. The first-order valence-corrected chi connectivity index (χ1v) is 2.76. The first-order valence-electron chi connectivity index (χ1n) is 2.76. The van der Waals surface area contributed by atoms with Gasteiger partial charge in [0.15, 0.2) is 0 Å². The molecule has 0 rings (SSSR count). The van der Waals surface area contributed by atoms with Gasteiger partial charge in [-0.05, 0) is 0 Å². The molecule has 0 aromatic rings. The van der Waals surface area contributed by atoms with Crippen LogP contribution in [0.1, 0.15) is 0 Å². The molecule has 0 radical (unpaired) electrons. The van der Waals surface area contributed by atoms with Crippen LogP contribution >= 0.6 is 0 Å². The Balaban J connectivity index is 3.51. The van der Waals surface area contributed by atoms with Gasteiger partial charge in [-0.25, -0.2) is 0 Å². The molecule has 0 aromatic carbocycles. The maximum absolute atomic E-state index is 10.1. The van der Waals surface area contributed by atoms with Gasteiger partial charge in [-0.2, -0.15) is 0 Å². The number of amides is 1. The Bertz CT molecular complexity index is 99.5. The second-order valence-electron chi connectivity index (χ2n) is 1.64. The largest absolute Gasteiger partial charge is 0.338 e.